The van der Waals surface area contributed by atoms with E-state index in [2.05, 4.69) is 27.1 Å². The van der Waals surface area contributed by atoms with Gasteiger partial charge in [0.2, 0.25) is 11.8 Å². The molecule has 3 aromatic rings. The Bertz CT molecular complexity index is 1310. The zero-order valence-corrected chi connectivity index (χ0v) is 18.7. The molecule has 1 unspecified atom stereocenters. The first-order valence-electron chi connectivity index (χ1n) is 10.9. The molecule has 0 bridgehead atoms. The number of amides is 2. The second-order valence-corrected chi connectivity index (χ2v) is 8.99. The van der Waals surface area contributed by atoms with E-state index in [1.54, 1.807) is 10.7 Å². The lowest BCUT2D eigenvalue weighted by atomic mass is 10.00. The number of halogens is 1. The maximum Gasteiger partial charge on any atom is 0.230 e. The Labute approximate surface area is 195 Å². The summed E-state index contributed by atoms with van der Waals surface area (Å²) >= 11 is 6.15. The molecular weight excluding hydrogens is 442 g/mol. The van der Waals surface area contributed by atoms with Crippen LogP contribution in [0, 0.1) is 17.2 Å². The third kappa shape index (κ3) is 4.22. The Balaban J connectivity index is 1.56. The van der Waals surface area contributed by atoms with Gasteiger partial charge in [0.05, 0.1) is 18.2 Å². The lowest BCUT2D eigenvalue weighted by molar-refractivity contribution is -0.125. The average Bonchev–Trinajstić information content (AvgIpc) is 3.43. The van der Waals surface area contributed by atoms with Crippen LogP contribution < -0.4 is 16.0 Å². The molecule has 10 heteroatoms. The summed E-state index contributed by atoms with van der Waals surface area (Å²) in [6, 6.07) is 9.90. The molecule has 168 valence electrons. The molecule has 0 radical (unpaired) electrons. The molecule has 9 nitrogen and oxygen atoms in total. The third-order valence-electron chi connectivity index (χ3n) is 5.98. The molecule has 2 amide bonds. The summed E-state index contributed by atoms with van der Waals surface area (Å²) in [7, 11) is 0. The molecule has 3 N–H and O–H groups in total. The van der Waals surface area contributed by atoms with E-state index < -0.39 is 5.92 Å². The van der Waals surface area contributed by atoms with Gasteiger partial charge in [-0.1, -0.05) is 23.7 Å². The van der Waals surface area contributed by atoms with Gasteiger partial charge < -0.3 is 10.6 Å². The summed E-state index contributed by atoms with van der Waals surface area (Å²) in [5, 5.41) is 24.2. The number of rotatable bonds is 7. The molecule has 2 aromatic heterocycles. The van der Waals surface area contributed by atoms with E-state index in [0.29, 0.717) is 34.3 Å². The molecule has 1 aliphatic carbocycles. The number of benzene rings is 1. The van der Waals surface area contributed by atoms with E-state index >= 15 is 0 Å². The van der Waals surface area contributed by atoms with E-state index in [9.17, 15) is 14.9 Å². The van der Waals surface area contributed by atoms with Crippen molar-refractivity contribution in [2.24, 2.45) is 5.92 Å². The van der Waals surface area contributed by atoms with Gasteiger partial charge in [-0.05, 0) is 43.9 Å². The molecule has 33 heavy (non-hydrogen) atoms. The Morgan fingerprint density at radius 2 is 2.18 bits per heavy atom. The van der Waals surface area contributed by atoms with Gasteiger partial charge in [-0.2, -0.15) is 14.9 Å². The van der Waals surface area contributed by atoms with Gasteiger partial charge in [0.25, 0.3) is 0 Å². The van der Waals surface area contributed by atoms with Crippen LogP contribution in [0.15, 0.2) is 30.5 Å². The standard InChI is InChI=1S/C23H22ClN7O2/c1-12(13-3-2-4-16(24)8-13)27-20-18(10-25)22(28-17-5-6-17)31-21(30-20)15(11-26-31)7-14-9-19(32)29-23(14)33/h2-4,8,11-12,14,17,28H,5-7,9H2,1H3,(H,27,30)(H,29,32,33)/t12-,14?/m1/s1. The maximum absolute atomic E-state index is 12.1. The number of carbonyl (C=O) groups is 2. The van der Waals surface area contributed by atoms with Crippen LogP contribution in [0.3, 0.4) is 0 Å². The topological polar surface area (TPSA) is 124 Å². The summed E-state index contributed by atoms with van der Waals surface area (Å²) in [6.07, 6.45) is 4.19. The minimum atomic E-state index is -0.454. The summed E-state index contributed by atoms with van der Waals surface area (Å²) in [6.45, 7) is 1.97. The molecule has 1 aliphatic heterocycles. The van der Waals surface area contributed by atoms with Crippen molar-refractivity contribution in [1.82, 2.24) is 19.9 Å². The zero-order chi connectivity index (χ0) is 23.1. The number of carbonyl (C=O) groups excluding carboxylic acids is 2. The van der Waals surface area contributed by atoms with Crippen LogP contribution in [0.2, 0.25) is 5.02 Å². The molecule has 2 fully saturated rings. The lowest BCUT2D eigenvalue weighted by Gasteiger charge is -2.19. The van der Waals surface area contributed by atoms with Crippen LogP contribution in [-0.2, 0) is 16.0 Å². The number of fused-ring (bicyclic) bond motifs is 1. The number of imide groups is 1. The highest BCUT2D eigenvalue weighted by atomic mass is 35.5. The van der Waals surface area contributed by atoms with Crippen molar-refractivity contribution in [3.05, 3.63) is 52.2 Å². The van der Waals surface area contributed by atoms with Crippen LogP contribution in [0.1, 0.15) is 48.9 Å². The first kappa shape index (κ1) is 21.2. The smallest absolute Gasteiger partial charge is 0.230 e. The number of anilines is 2. The SMILES string of the molecule is C[C@@H](Nc1nc2c(CC3CC(=O)NC3=O)cnn2c(NC2CC2)c1C#N)c1cccc(Cl)c1. The fourth-order valence-corrected chi connectivity index (χ4v) is 4.25. The van der Waals surface area contributed by atoms with Crippen molar-refractivity contribution in [3.8, 4) is 6.07 Å². The van der Waals surface area contributed by atoms with Crippen LogP contribution in [0.5, 0.6) is 0 Å². The van der Waals surface area contributed by atoms with Crippen molar-refractivity contribution in [3.63, 3.8) is 0 Å². The van der Waals surface area contributed by atoms with Crippen LogP contribution >= 0.6 is 11.6 Å². The zero-order valence-electron chi connectivity index (χ0n) is 17.9. The minimum Gasteiger partial charge on any atom is -0.366 e. The van der Waals surface area contributed by atoms with Gasteiger partial charge in [0, 0.05) is 23.0 Å². The van der Waals surface area contributed by atoms with E-state index in [1.165, 1.54) is 0 Å². The van der Waals surface area contributed by atoms with E-state index in [-0.39, 0.29) is 30.3 Å². The molecule has 2 atom stereocenters. The van der Waals surface area contributed by atoms with Gasteiger partial charge in [-0.3, -0.25) is 14.9 Å². The third-order valence-corrected chi connectivity index (χ3v) is 6.22. The number of hydrogen-bond acceptors (Lipinski definition) is 7. The van der Waals surface area contributed by atoms with Gasteiger partial charge in [0.15, 0.2) is 17.3 Å². The van der Waals surface area contributed by atoms with Crippen molar-refractivity contribution in [2.45, 2.75) is 44.7 Å². The van der Waals surface area contributed by atoms with Gasteiger partial charge in [-0.25, -0.2) is 4.98 Å². The van der Waals surface area contributed by atoms with Gasteiger partial charge in [0.1, 0.15) is 11.6 Å². The summed E-state index contributed by atoms with van der Waals surface area (Å²) < 4.78 is 1.62. The van der Waals surface area contributed by atoms with Crippen LogP contribution in [0.25, 0.3) is 5.65 Å². The highest BCUT2D eigenvalue weighted by molar-refractivity contribution is 6.30. The van der Waals surface area contributed by atoms with E-state index in [1.807, 2.05) is 31.2 Å². The van der Waals surface area contributed by atoms with Gasteiger partial charge in [-0.15, -0.1) is 0 Å². The summed E-state index contributed by atoms with van der Waals surface area (Å²) in [5.74, 6) is -0.00450. The first-order valence-corrected chi connectivity index (χ1v) is 11.2. The Hall–Kier alpha value is -3.64. The van der Waals surface area contributed by atoms with Crippen molar-refractivity contribution in [2.75, 3.05) is 10.6 Å². The Kier molecular flexibility index (Phi) is 5.38. The minimum absolute atomic E-state index is 0.149. The molecule has 1 saturated heterocycles. The number of nitriles is 1. The predicted octanol–water partition coefficient (Wildman–Crippen LogP) is 3.21. The largest absolute Gasteiger partial charge is 0.366 e. The fourth-order valence-electron chi connectivity index (χ4n) is 4.05. The van der Waals surface area contributed by atoms with Crippen molar-refractivity contribution < 1.29 is 9.59 Å². The second kappa shape index (κ2) is 8.37. The molecule has 5 rings (SSSR count). The lowest BCUT2D eigenvalue weighted by Crippen LogP contribution is -2.23. The average molecular weight is 464 g/mol. The summed E-state index contributed by atoms with van der Waals surface area (Å²) in [4.78, 5) is 28.5. The molecule has 3 heterocycles. The number of aromatic nitrogens is 3. The van der Waals surface area contributed by atoms with E-state index in [4.69, 9.17) is 16.6 Å². The summed E-state index contributed by atoms with van der Waals surface area (Å²) in [5.41, 5.74) is 2.61. The van der Waals surface area contributed by atoms with Crippen molar-refractivity contribution >= 4 is 40.7 Å². The monoisotopic (exact) mass is 463 g/mol. The number of nitrogens with zero attached hydrogens (tertiary/aromatic N) is 4. The van der Waals surface area contributed by atoms with Crippen LogP contribution in [0.4, 0.5) is 11.6 Å². The molecular formula is C23H22ClN7O2. The Morgan fingerprint density at radius 1 is 1.36 bits per heavy atom. The Morgan fingerprint density at radius 3 is 2.85 bits per heavy atom. The van der Waals surface area contributed by atoms with E-state index in [0.717, 1.165) is 24.0 Å². The predicted molar refractivity (Wildman–Crippen MR) is 123 cm³/mol. The highest BCUT2D eigenvalue weighted by Crippen LogP contribution is 2.33. The van der Waals surface area contributed by atoms with Crippen LogP contribution in [-0.4, -0.2) is 32.5 Å². The highest BCUT2D eigenvalue weighted by Gasteiger charge is 2.32. The second-order valence-electron chi connectivity index (χ2n) is 8.56. The number of hydrogen-bond donors (Lipinski definition) is 3. The van der Waals surface area contributed by atoms with Gasteiger partial charge >= 0.3 is 0 Å². The fraction of sp³-hybridized carbons (Fsp3) is 0.348. The maximum atomic E-state index is 12.1. The number of nitrogens with one attached hydrogen (secondary N) is 3. The molecule has 1 aromatic carbocycles. The normalized spacial score (nSPS) is 18.8. The molecule has 1 saturated carbocycles. The molecule has 0 spiro atoms. The quantitative estimate of drug-likeness (QED) is 0.459. The van der Waals surface area contributed by atoms with Crippen molar-refractivity contribution in [1.29, 1.82) is 5.26 Å². The molecule has 2 aliphatic rings. The first-order chi connectivity index (χ1) is 15.9.